The Kier molecular flexibility index (Phi) is 7.50. The van der Waals surface area contributed by atoms with E-state index in [1.165, 1.54) is 13.3 Å². The molecule has 162 valence electrons. The summed E-state index contributed by atoms with van der Waals surface area (Å²) in [4.78, 5) is 49.6. The average molecular weight is 424 g/mol. The minimum absolute atomic E-state index is 0.0214. The quantitative estimate of drug-likeness (QED) is 0.157. The highest BCUT2D eigenvalue weighted by molar-refractivity contribution is 6.34. The van der Waals surface area contributed by atoms with Crippen molar-refractivity contribution in [3.8, 4) is 0 Å². The number of hydrogen-bond acceptors (Lipinski definition) is 8. The summed E-state index contributed by atoms with van der Waals surface area (Å²) < 4.78 is 30.5. The summed E-state index contributed by atoms with van der Waals surface area (Å²) in [7, 11) is 3.39. The molecule has 2 heterocycles. The van der Waals surface area contributed by atoms with Crippen LogP contribution < -0.4 is 0 Å². The number of aromatic nitrogens is 2. The second kappa shape index (κ2) is 9.85. The van der Waals surface area contributed by atoms with E-state index >= 15 is 4.39 Å². The Hall–Kier alpha value is -3.44. The number of rotatable bonds is 8. The molecule has 4 atom stereocenters. The topological polar surface area (TPSA) is 160 Å². The van der Waals surface area contributed by atoms with Crippen molar-refractivity contribution in [2.75, 3.05) is 20.7 Å². The molecule has 1 N–H and O–H groups in total. The fourth-order valence-corrected chi connectivity index (χ4v) is 2.67. The fourth-order valence-electron chi connectivity index (χ4n) is 2.67. The molecule has 1 fully saturated rings. The second-order valence-corrected chi connectivity index (χ2v) is 6.55. The van der Waals surface area contributed by atoms with Crippen molar-refractivity contribution in [3.05, 3.63) is 17.0 Å². The third-order valence-electron chi connectivity index (χ3n) is 3.84. The van der Waals surface area contributed by atoms with Gasteiger partial charge in [-0.2, -0.15) is 4.79 Å². The Morgan fingerprint density at radius 1 is 1.37 bits per heavy atom. The van der Waals surface area contributed by atoms with Crippen molar-refractivity contribution in [2.45, 2.75) is 38.3 Å². The maximum atomic E-state index is 15.1. The van der Waals surface area contributed by atoms with E-state index in [1.807, 2.05) is 0 Å². The van der Waals surface area contributed by atoms with Crippen LogP contribution in [-0.2, 0) is 23.8 Å². The van der Waals surface area contributed by atoms with Crippen molar-refractivity contribution >= 4 is 36.1 Å². The summed E-state index contributed by atoms with van der Waals surface area (Å²) in [5, 5.41) is 0. The molecule has 2 rings (SSSR count). The van der Waals surface area contributed by atoms with Crippen molar-refractivity contribution in [1.29, 1.82) is 0 Å². The third-order valence-corrected chi connectivity index (χ3v) is 3.84. The van der Waals surface area contributed by atoms with Crippen molar-refractivity contribution in [1.82, 2.24) is 14.9 Å². The Morgan fingerprint density at radius 2 is 2.07 bits per heavy atom. The summed E-state index contributed by atoms with van der Waals surface area (Å²) in [6, 6.07) is 0. The summed E-state index contributed by atoms with van der Waals surface area (Å²) in [6.45, 7) is 1.93. The molecule has 0 aromatic carbocycles. The molecule has 30 heavy (non-hydrogen) atoms. The number of halogens is 1. The van der Waals surface area contributed by atoms with E-state index in [4.69, 9.17) is 19.7 Å². The van der Waals surface area contributed by atoms with Gasteiger partial charge in [-0.3, -0.25) is 14.4 Å². The molecule has 0 aliphatic carbocycles. The van der Waals surface area contributed by atoms with E-state index in [0.717, 1.165) is 6.92 Å². The van der Waals surface area contributed by atoms with Crippen LogP contribution in [0.25, 0.3) is 5.53 Å². The van der Waals surface area contributed by atoms with Crippen LogP contribution in [0.4, 0.5) is 10.2 Å². The number of ketones is 1. The molecule has 0 unspecified atom stereocenters. The van der Waals surface area contributed by atoms with Crippen LogP contribution >= 0.6 is 0 Å². The highest BCUT2D eigenvalue weighted by atomic mass is 19.1. The first-order valence-electron chi connectivity index (χ1n) is 8.76. The Labute approximate surface area is 170 Å². The molecule has 1 aliphatic rings. The molecule has 13 heteroatoms. The summed E-state index contributed by atoms with van der Waals surface area (Å²) in [5.41, 5.74) is 8.38. The lowest BCUT2D eigenvalue weighted by atomic mass is 10.1. The number of Topliss-reactive ketones (excluding diaryl/α,β-unsaturated/α-hetero) is 1. The van der Waals surface area contributed by atoms with Crippen molar-refractivity contribution in [2.24, 2.45) is 4.99 Å². The van der Waals surface area contributed by atoms with Crippen molar-refractivity contribution in [3.63, 3.8) is 0 Å². The van der Waals surface area contributed by atoms with Crippen molar-refractivity contribution < 1.29 is 37.8 Å². The number of nitrogens with one attached hydrogen (secondary N) is 1. The molecule has 1 aromatic rings. The van der Waals surface area contributed by atoms with Gasteiger partial charge in [0.05, 0.1) is 6.34 Å². The lowest BCUT2D eigenvalue weighted by Crippen LogP contribution is -2.36. The van der Waals surface area contributed by atoms with Crippen LogP contribution in [-0.4, -0.2) is 89.0 Å². The van der Waals surface area contributed by atoms with Gasteiger partial charge in [0.15, 0.2) is 29.9 Å². The Bertz CT molecular complexity index is 893. The Morgan fingerprint density at radius 3 is 2.63 bits per heavy atom. The number of aromatic amines is 1. The number of imidazole rings is 1. The molecule has 12 nitrogen and oxygen atoms in total. The van der Waals surface area contributed by atoms with Crippen LogP contribution in [0.5, 0.6) is 0 Å². The van der Waals surface area contributed by atoms with Crippen LogP contribution in [0.15, 0.2) is 4.99 Å². The van der Waals surface area contributed by atoms with Crippen LogP contribution in [0.2, 0.25) is 0 Å². The zero-order chi connectivity index (χ0) is 22.4. The third kappa shape index (κ3) is 5.55. The highest BCUT2D eigenvalue weighted by Gasteiger charge is 2.50. The number of esters is 2. The molecule has 0 spiro atoms. The number of ether oxygens (including phenoxy) is 3. The zero-order valence-corrected chi connectivity index (χ0v) is 16.7. The number of hydrogen-bond donors (Lipinski definition) is 1. The molecule has 1 aliphatic heterocycles. The van der Waals surface area contributed by atoms with Gasteiger partial charge in [-0.05, 0) is 0 Å². The van der Waals surface area contributed by atoms with E-state index in [2.05, 4.69) is 19.8 Å². The maximum Gasteiger partial charge on any atom is 0.329 e. The van der Waals surface area contributed by atoms with Gasteiger partial charge in [-0.25, -0.2) is 14.4 Å². The molecule has 0 saturated carbocycles. The van der Waals surface area contributed by atoms with E-state index in [9.17, 15) is 14.4 Å². The largest absolute Gasteiger partial charge is 0.463 e. The molecular weight excluding hydrogens is 403 g/mol. The van der Waals surface area contributed by atoms with Crippen LogP contribution in [0.1, 0.15) is 36.3 Å². The summed E-state index contributed by atoms with van der Waals surface area (Å²) in [6.07, 6.45) is -3.70. The summed E-state index contributed by atoms with van der Waals surface area (Å²) >= 11 is 0. The monoisotopic (exact) mass is 424 g/mol. The van der Waals surface area contributed by atoms with Gasteiger partial charge in [0.2, 0.25) is 0 Å². The van der Waals surface area contributed by atoms with E-state index < -0.39 is 42.2 Å². The van der Waals surface area contributed by atoms with Crippen LogP contribution in [0, 0.1) is 0 Å². The van der Waals surface area contributed by atoms with Gasteiger partial charge in [-0.1, -0.05) is 0 Å². The van der Waals surface area contributed by atoms with Gasteiger partial charge < -0.3 is 29.6 Å². The number of carbonyl (C=O) groups excluding carboxylic acids is 3. The number of alkyl halides is 1. The molecule has 1 aromatic heterocycles. The lowest BCUT2D eigenvalue weighted by Gasteiger charge is -2.18. The number of carbonyl (C=O) groups is 3. The number of aliphatic imine (C=N–C) groups is 1. The molecule has 1 saturated heterocycles. The molecule has 0 radical (unpaired) electrons. The predicted octanol–water partition coefficient (Wildman–Crippen LogP) is 0.387. The van der Waals surface area contributed by atoms with Gasteiger partial charge in [0.1, 0.15) is 18.5 Å². The van der Waals surface area contributed by atoms with E-state index in [0.29, 0.717) is 6.21 Å². The lowest BCUT2D eigenvalue weighted by molar-refractivity contribution is -0.156. The maximum absolute atomic E-state index is 15.1. The van der Waals surface area contributed by atoms with Gasteiger partial charge in [0.25, 0.3) is 5.78 Å². The SMILES string of the molecule is CC(=O)OC[C@H]1O[C@@H](c2nc(C(=O)C=[N+]=[N-])c(N=CN(C)C)[nH]2)[C@H](F)[C@@H]1OC(C)=O. The highest BCUT2D eigenvalue weighted by Crippen LogP contribution is 2.37. The minimum atomic E-state index is -1.87. The predicted molar refractivity (Wildman–Crippen MR) is 99.1 cm³/mol. The summed E-state index contributed by atoms with van der Waals surface area (Å²) in [5.74, 6) is -2.27. The fraction of sp³-hybridized carbons (Fsp3) is 0.529. The average Bonchev–Trinajstić information content (AvgIpc) is 3.20. The van der Waals surface area contributed by atoms with Gasteiger partial charge >= 0.3 is 18.2 Å². The van der Waals surface area contributed by atoms with Gasteiger partial charge in [-0.15, -0.1) is 0 Å². The van der Waals surface area contributed by atoms with E-state index in [1.54, 1.807) is 19.0 Å². The first kappa shape index (κ1) is 22.8. The van der Waals surface area contributed by atoms with Crippen LogP contribution in [0.3, 0.4) is 0 Å². The second-order valence-electron chi connectivity index (χ2n) is 6.55. The first-order valence-corrected chi connectivity index (χ1v) is 8.76. The van der Waals surface area contributed by atoms with Gasteiger partial charge in [0, 0.05) is 27.9 Å². The molecular formula is C17H21FN6O6. The normalized spacial score (nSPS) is 23.1. The number of H-pyrrole nitrogens is 1. The first-order chi connectivity index (χ1) is 14.1. The number of nitrogens with zero attached hydrogens (tertiary/aromatic N) is 5. The van der Waals surface area contributed by atoms with E-state index in [-0.39, 0.29) is 23.9 Å². The molecule has 0 amide bonds. The Balaban J connectivity index is 2.39. The minimum Gasteiger partial charge on any atom is -0.463 e. The standard InChI is InChI=1S/C17H21FN6O6/c1-8(25)28-6-11-14(29-9(2)26)12(18)15(30-11)17-22-13(10(27)5-21-19)16(23-17)20-7-24(3)4/h5,7,11-12,14-15H,6H2,1-4H3,(H,22,23)/t11-,12-,14-,15-/m1/s1. The molecule has 0 bridgehead atoms. The zero-order valence-electron chi connectivity index (χ0n) is 16.7. The smallest absolute Gasteiger partial charge is 0.329 e.